The number of nitrogens with one attached hydrogen (secondary N) is 1. The Labute approximate surface area is 132 Å². The van der Waals surface area contributed by atoms with Crippen LogP contribution in [0.2, 0.25) is 5.15 Å². The first-order chi connectivity index (χ1) is 10.0. The molecule has 114 valence electrons. The molecule has 0 saturated heterocycles. The summed E-state index contributed by atoms with van der Waals surface area (Å²) < 4.78 is 0. The minimum absolute atomic E-state index is 0.530. The fourth-order valence-electron chi connectivity index (χ4n) is 5.75. The van der Waals surface area contributed by atoms with Crippen LogP contribution >= 0.6 is 11.6 Å². The van der Waals surface area contributed by atoms with Crippen molar-refractivity contribution in [2.45, 2.75) is 58.4 Å². The number of halogens is 1. The van der Waals surface area contributed by atoms with Crippen molar-refractivity contribution in [2.24, 2.45) is 23.2 Å². The van der Waals surface area contributed by atoms with E-state index in [1.807, 2.05) is 13.1 Å². The molecule has 4 aliphatic rings. The maximum absolute atomic E-state index is 6.03. The number of aromatic nitrogens is 1. The van der Waals surface area contributed by atoms with Crippen LogP contribution in [0.3, 0.4) is 0 Å². The molecule has 0 aromatic carbocycles. The highest BCUT2D eigenvalue weighted by atomic mass is 35.5. The van der Waals surface area contributed by atoms with Crippen LogP contribution in [0.4, 0.5) is 5.69 Å². The van der Waals surface area contributed by atoms with Gasteiger partial charge in [-0.15, -0.1) is 0 Å². The summed E-state index contributed by atoms with van der Waals surface area (Å²) in [6.07, 6.45) is 10.7. The van der Waals surface area contributed by atoms with Crippen molar-refractivity contribution in [2.75, 3.05) is 5.32 Å². The van der Waals surface area contributed by atoms with Crippen molar-refractivity contribution in [3.8, 4) is 0 Å². The minimum atomic E-state index is 0.530. The van der Waals surface area contributed by atoms with Crippen molar-refractivity contribution in [1.29, 1.82) is 0 Å². The van der Waals surface area contributed by atoms with Gasteiger partial charge in [-0.3, -0.25) is 0 Å². The van der Waals surface area contributed by atoms with Crippen LogP contribution in [0.15, 0.2) is 12.3 Å². The highest BCUT2D eigenvalue weighted by Crippen LogP contribution is 2.61. The van der Waals surface area contributed by atoms with Crippen LogP contribution in [0.25, 0.3) is 0 Å². The minimum Gasteiger partial charge on any atom is -0.381 e. The third-order valence-electron chi connectivity index (χ3n) is 6.40. The lowest BCUT2D eigenvalue weighted by molar-refractivity contribution is -0.0602. The summed E-state index contributed by atoms with van der Waals surface area (Å²) in [5, 5.41) is 4.36. The molecule has 5 rings (SSSR count). The molecule has 0 spiro atoms. The number of pyridine rings is 1. The molecule has 4 fully saturated rings. The predicted octanol–water partition coefficient (Wildman–Crippen LogP) is 5.06. The van der Waals surface area contributed by atoms with E-state index < -0.39 is 0 Å². The summed E-state index contributed by atoms with van der Waals surface area (Å²) in [6, 6.07) is 2.67. The predicted molar refractivity (Wildman–Crippen MR) is 87.7 cm³/mol. The summed E-state index contributed by atoms with van der Waals surface area (Å²) in [6.45, 7) is 4.41. The van der Waals surface area contributed by atoms with E-state index in [-0.39, 0.29) is 0 Å². The number of nitrogens with zero attached hydrogens (tertiary/aromatic N) is 1. The molecule has 1 atom stereocenters. The maximum Gasteiger partial charge on any atom is 0.132 e. The van der Waals surface area contributed by atoms with Crippen molar-refractivity contribution < 1.29 is 0 Å². The number of hydrogen-bond acceptors (Lipinski definition) is 2. The van der Waals surface area contributed by atoms with Crippen LogP contribution in [0, 0.1) is 30.1 Å². The molecule has 1 aromatic heterocycles. The van der Waals surface area contributed by atoms with E-state index in [0.717, 1.165) is 29.0 Å². The number of hydrogen-bond donors (Lipinski definition) is 1. The Morgan fingerprint density at radius 1 is 1.19 bits per heavy atom. The quantitative estimate of drug-likeness (QED) is 0.789. The lowest BCUT2D eigenvalue weighted by atomic mass is 9.48. The fourth-order valence-corrected chi connectivity index (χ4v) is 5.85. The second-order valence-electron chi connectivity index (χ2n) is 7.98. The van der Waals surface area contributed by atoms with E-state index >= 15 is 0 Å². The van der Waals surface area contributed by atoms with Gasteiger partial charge in [0, 0.05) is 6.04 Å². The first-order valence-electron chi connectivity index (χ1n) is 8.43. The molecule has 1 heterocycles. The van der Waals surface area contributed by atoms with Crippen molar-refractivity contribution in [3.05, 3.63) is 23.0 Å². The van der Waals surface area contributed by atoms with E-state index in [1.165, 1.54) is 38.5 Å². The van der Waals surface area contributed by atoms with Gasteiger partial charge in [0.2, 0.25) is 0 Å². The fraction of sp³-hybridized carbons (Fsp3) is 0.722. The van der Waals surface area contributed by atoms with Crippen LogP contribution in [-0.4, -0.2) is 11.0 Å². The molecule has 4 saturated carbocycles. The summed E-state index contributed by atoms with van der Waals surface area (Å²) in [5.74, 6) is 3.02. The Kier molecular flexibility index (Phi) is 3.22. The standard InChI is InChI=1S/C18H25ClN2/c1-11-3-16(10-20-17(11)19)21-12(2)18-7-13-4-14(8-18)6-15(5-13)9-18/h3,10,12-15,21H,4-9H2,1-2H3. The largest absolute Gasteiger partial charge is 0.381 e. The van der Waals surface area contributed by atoms with Gasteiger partial charge in [0.25, 0.3) is 0 Å². The second kappa shape index (κ2) is 4.87. The topological polar surface area (TPSA) is 24.9 Å². The SMILES string of the molecule is Cc1cc(NC(C)C23CC4CC(CC(C4)C2)C3)cnc1Cl. The highest BCUT2D eigenvalue weighted by Gasteiger charge is 2.53. The number of rotatable bonds is 3. The van der Waals surface area contributed by atoms with Crippen LogP contribution in [-0.2, 0) is 0 Å². The Bertz CT molecular complexity index is 519. The third kappa shape index (κ3) is 2.36. The zero-order valence-corrected chi connectivity index (χ0v) is 13.8. The molecule has 21 heavy (non-hydrogen) atoms. The molecule has 0 aliphatic heterocycles. The molecule has 4 bridgehead atoms. The monoisotopic (exact) mass is 304 g/mol. The lowest BCUT2D eigenvalue weighted by Crippen LogP contribution is -2.52. The summed E-state index contributed by atoms with van der Waals surface area (Å²) >= 11 is 6.03. The molecule has 0 radical (unpaired) electrons. The summed E-state index contributed by atoms with van der Waals surface area (Å²) in [7, 11) is 0. The number of aryl methyl sites for hydroxylation is 1. The summed E-state index contributed by atoms with van der Waals surface area (Å²) in [4.78, 5) is 4.28. The molecule has 3 heteroatoms. The molecule has 4 aliphatic carbocycles. The Morgan fingerprint density at radius 2 is 1.76 bits per heavy atom. The highest BCUT2D eigenvalue weighted by molar-refractivity contribution is 6.30. The van der Waals surface area contributed by atoms with Gasteiger partial charge in [0.15, 0.2) is 0 Å². The first-order valence-corrected chi connectivity index (χ1v) is 8.80. The van der Waals surface area contributed by atoms with Gasteiger partial charge in [0.1, 0.15) is 5.15 Å². The Hall–Kier alpha value is -0.760. The number of anilines is 1. The van der Waals surface area contributed by atoms with Gasteiger partial charge in [-0.2, -0.15) is 0 Å². The average molecular weight is 305 g/mol. The van der Waals surface area contributed by atoms with Crippen LogP contribution in [0.5, 0.6) is 0 Å². The van der Waals surface area contributed by atoms with Crippen molar-refractivity contribution >= 4 is 17.3 Å². The van der Waals surface area contributed by atoms with E-state index in [9.17, 15) is 0 Å². The molecule has 1 N–H and O–H groups in total. The molecule has 1 unspecified atom stereocenters. The zero-order chi connectivity index (χ0) is 14.6. The summed E-state index contributed by atoms with van der Waals surface area (Å²) in [5.41, 5.74) is 2.71. The molecule has 1 aromatic rings. The van der Waals surface area contributed by atoms with Crippen LogP contribution in [0.1, 0.15) is 51.0 Å². The molecular formula is C18H25ClN2. The van der Waals surface area contributed by atoms with Crippen molar-refractivity contribution in [1.82, 2.24) is 4.98 Å². The van der Waals surface area contributed by atoms with E-state index in [1.54, 1.807) is 0 Å². The van der Waals surface area contributed by atoms with Gasteiger partial charge in [-0.25, -0.2) is 4.98 Å². The van der Waals surface area contributed by atoms with E-state index in [0.29, 0.717) is 16.6 Å². The van der Waals surface area contributed by atoms with E-state index in [4.69, 9.17) is 11.6 Å². The maximum atomic E-state index is 6.03. The van der Waals surface area contributed by atoms with Gasteiger partial charge < -0.3 is 5.32 Å². The smallest absolute Gasteiger partial charge is 0.132 e. The Balaban J connectivity index is 1.54. The molecule has 0 amide bonds. The first kappa shape index (κ1) is 13.9. The normalized spacial score (nSPS) is 38.5. The third-order valence-corrected chi connectivity index (χ3v) is 6.80. The van der Waals surface area contributed by atoms with Crippen molar-refractivity contribution in [3.63, 3.8) is 0 Å². The lowest BCUT2D eigenvalue weighted by Gasteiger charge is -2.59. The zero-order valence-electron chi connectivity index (χ0n) is 13.0. The second-order valence-corrected chi connectivity index (χ2v) is 8.34. The van der Waals surface area contributed by atoms with Crippen LogP contribution < -0.4 is 5.32 Å². The van der Waals surface area contributed by atoms with E-state index in [2.05, 4.69) is 23.3 Å². The van der Waals surface area contributed by atoms with Gasteiger partial charge in [-0.1, -0.05) is 11.6 Å². The van der Waals surface area contributed by atoms with Gasteiger partial charge in [0.05, 0.1) is 11.9 Å². The molecular weight excluding hydrogens is 280 g/mol. The van der Waals surface area contributed by atoms with Gasteiger partial charge >= 0.3 is 0 Å². The average Bonchev–Trinajstić information content (AvgIpc) is 2.41. The molecule has 2 nitrogen and oxygen atoms in total. The van der Waals surface area contributed by atoms with Gasteiger partial charge in [-0.05, 0) is 87.2 Å². The Morgan fingerprint density at radius 3 is 2.29 bits per heavy atom.